The Morgan fingerprint density at radius 3 is 2.53 bits per heavy atom. The van der Waals surface area contributed by atoms with Crippen LogP contribution in [0, 0.1) is 23.2 Å². The quantitative estimate of drug-likeness (QED) is 0.598. The largest absolute Gasteiger partial charge is 0.472 e. The molecule has 84 valence electrons. The second-order valence-electron chi connectivity index (χ2n) is 5.00. The Bertz CT molecular complexity index is 321. The van der Waals surface area contributed by atoms with Crippen LogP contribution in [0.3, 0.4) is 0 Å². The molecule has 1 aliphatic carbocycles. The average Bonchev–Trinajstić information content (AvgIpc) is 2.11. The van der Waals surface area contributed by atoms with Gasteiger partial charge < -0.3 is 10.2 Å². The minimum absolute atomic E-state index is 0.0214. The number of carbonyl (C=O) groups is 1. The normalized spacial score (nSPS) is 34.0. The van der Waals surface area contributed by atoms with Crippen LogP contribution in [0.1, 0.15) is 40.0 Å². The van der Waals surface area contributed by atoms with Crippen molar-refractivity contribution < 1.29 is 15.0 Å². The Kier molecular flexibility index (Phi) is 3.11. The lowest BCUT2D eigenvalue weighted by Gasteiger charge is -2.47. The molecule has 0 aromatic rings. The maximum Gasteiger partial charge on any atom is 0.382 e. The lowest BCUT2D eigenvalue weighted by Crippen LogP contribution is -2.51. The molecular weight excluding hydrogens is 192 g/mol. The number of rotatable bonds is 0. The van der Waals surface area contributed by atoms with Crippen LogP contribution in [0.5, 0.6) is 0 Å². The molecule has 2 N–H and O–H groups in total. The first-order chi connectivity index (χ1) is 6.79. The van der Waals surface area contributed by atoms with Crippen LogP contribution in [-0.2, 0) is 4.79 Å². The predicted octanol–water partition coefficient (Wildman–Crippen LogP) is 1.65. The van der Waals surface area contributed by atoms with Crippen molar-refractivity contribution in [2.24, 2.45) is 11.3 Å². The number of aliphatic hydroxyl groups is 1. The maximum atomic E-state index is 10.5. The van der Waals surface area contributed by atoms with Crippen molar-refractivity contribution >= 4 is 5.97 Å². The molecular formula is C12H18O3. The van der Waals surface area contributed by atoms with Crippen LogP contribution in [0.25, 0.3) is 0 Å². The van der Waals surface area contributed by atoms with Crippen LogP contribution in [-0.4, -0.2) is 21.8 Å². The number of hydrogen-bond donors (Lipinski definition) is 2. The van der Waals surface area contributed by atoms with Crippen LogP contribution in [0.15, 0.2) is 0 Å². The minimum atomic E-state index is -1.18. The standard InChI is InChI=1S/C12H18O3/c1-9-5-4-7-11(2,3)12(9,15)8-6-10(13)14/h9,15H,4-5,7H2,1-3H3,(H,13,14)/t9-,12+/m1/s1. The Hall–Kier alpha value is -1.01. The van der Waals surface area contributed by atoms with E-state index in [4.69, 9.17) is 5.11 Å². The number of aliphatic carboxylic acids is 1. The highest BCUT2D eigenvalue weighted by Gasteiger charge is 2.48. The second-order valence-corrected chi connectivity index (χ2v) is 5.00. The van der Waals surface area contributed by atoms with Crippen LogP contribution >= 0.6 is 0 Å². The van der Waals surface area contributed by atoms with Gasteiger partial charge in [0, 0.05) is 11.3 Å². The molecule has 2 atom stereocenters. The summed E-state index contributed by atoms with van der Waals surface area (Å²) in [4.78, 5) is 10.4. The summed E-state index contributed by atoms with van der Waals surface area (Å²) in [7, 11) is 0. The molecule has 3 nitrogen and oxygen atoms in total. The number of carboxylic acids is 1. The topological polar surface area (TPSA) is 57.5 Å². The van der Waals surface area contributed by atoms with E-state index >= 15 is 0 Å². The summed E-state index contributed by atoms with van der Waals surface area (Å²) in [5, 5.41) is 19.0. The summed E-state index contributed by atoms with van der Waals surface area (Å²) < 4.78 is 0. The van der Waals surface area contributed by atoms with Crippen LogP contribution in [0.2, 0.25) is 0 Å². The van der Waals surface area contributed by atoms with Gasteiger partial charge in [-0.2, -0.15) is 0 Å². The SMILES string of the molecule is C[C@@H]1CCCC(C)(C)[C@]1(O)C#CC(=O)O. The Balaban J connectivity index is 3.05. The van der Waals surface area contributed by atoms with E-state index in [-0.39, 0.29) is 11.3 Å². The summed E-state index contributed by atoms with van der Waals surface area (Å²) in [6.07, 6.45) is 2.83. The summed E-state index contributed by atoms with van der Waals surface area (Å²) in [6, 6.07) is 0. The average molecular weight is 210 g/mol. The second kappa shape index (κ2) is 3.86. The molecule has 1 rings (SSSR count). The van der Waals surface area contributed by atoms with Gasteiger partial charge in [0.15, 0.2) is 0 Å². The van der Waals surface area contributed by atoms with Gasteiger partial charge in [0.1, 0.15) is 5.60 Å². The third kappa shape index (κ3) is 2.15. The predicted molar refractivity (Wildman–Crippen MR) is 57.2 cm³/mol. The van der Waals surface area contributed by atoms with Crippen molar-refractivity contribution in [1.82, 2.24) is 0 Å². The first-order valence-electron chi connectivity index (χ1n) is 5.28. The van der Waals surface area contributed by atoms with Gasteiger partial charge in [-0.15, -0.1) is 0 Å². The zero-order valence-electron chi connectivity index (χ0n) is 9.50. The van der Waals surface area contributed by atoms with Crippen molar-refractivity contribution in [2.75, 3.05) is 0 Å². The number of carboxylic acid groups (broad SMARTS) is 1. The van der Waals surface area contributed by atoms with Gasteiger partial charge in [-0.3, -0.25) is 0 Å². The van der Waals surface area contributed by atoms with Gasteiger partial charge in [-0.1, -0.05) is 33.1 Å². The van der Waals surface area contributed by atoms with Crippen molar-refractivity contribution in [3.8, 4) is 11.8 Å². The van der Waals surface area contributed by atoms with Crippen molar-refractivity contribution in [3.05, 3.63) is 0 Å². The molecule has 0 radical (unpaired) electrons. The van der Waals surface area contributed by atoms with E-state index in [1.807, 2.05) is 20.8 Å². The summed E-state index contributed by atoms with van der Waals surface area (Å²) in [6.45, 7) is 5.82. The molecule has 0 heterocycles. The van der Waals surface area contributed by atoms with Gasteiger partial charge in [-0.25, -0.2) is 4.79 Å². The Labute approximate surface area is 90.5 Å². The fraction of sp³-hybridized carbons (Fsp3) is 0.750. The molecule has 0 spiro atoms. The van der Waals surface area contributed by atoms with E-state index in [9.17, 15) is 9.90 Å². The molecule has 0 aromatic carbocycles. The fourth-order valence-electron chi connectivity index (χ4n) is 2.36. The molecule has 0 aromatic heterocycles. The van der Waals surface area contributed by atoms with E-state index in [0.29, 0.717) is 0 Å². The van der Waals surface area contributed by atoms with Gasteiger partial charge >= 0.3 is 5.97 Å². The highest BCUT2D eigenvalue weighted by molar-refractivity contribution is 5.86. The Morgan fingerprint density at radius 2 is 2.07 bits per heavy atom. The van der Waals surface area contributed by atoms with E-state index in [2.05, 4.69) is 11.8 Å². The maximum absolute atomic E-state index is 10.5. The van der Waals surface area contributed by atoms with Crippen LogP contribution < -0.4 is 0 Å². The summed E-state index contributed by atoms with van der Waals surface area (Å²) >= 11 is 0. The smallest absolute Gasteiger partial charge is 0.382 e. The lowest BCUT2D eigenvalue weighted by atomic mass is 9.61. The zero-order chi connectivity index (χ0) is 11.7. The molecule has 15 heavy (non-hydrogen) atoms. The molecule has 0 saturated heterocycles. The van der Waals surface area contributed by atoms with Gasteiger partial charge in [0.25, 0.3) is 0 Å². The summed E-state index contributed by atoms with van der Waals surface area (Å²) in [5.74, 6) is 3.44. The molecule has 3 heteroatoms. The fourth-order valence-corrected chi connectivity index (χ4v) is 2.36. The molecule has 1 aliphatic rings. The van der Waals surface area contributed by atoms with E-state index < -0.39 is 11.6 Å². The molecule has 0 aliphatic heterocycles. The van der Waals surface area contributed by atoms with Gasteiger partial charge in [0.2, 0.25) is 0 Å². The number of hydrogen-bond acceptors (Lipinski definition) is 2. The molecule has 0 unspecified atom stereocenters. The Morgan fingerprint density at radius 1 is 1.47 bits per heavy atom. The third-order valence-corrected chi connectivity index (χ3v) is 3.54. The first-order valence-corrected chi connectivity index (χ1v) is 5.28. The summed E-state index contributed by atoms with van der Waals surface area (Å²) in [5.41, 5.74) is -1.52. The first kappa shape index (κ1) is 12.1. The van der Waals surface area contributed by atoms with Crippen molar-refractivity contribution in [1.29, 1.82) is 0 Å². The van der Waals surface area contributed by atoms with Crippen LogP contribution in [0.4, 0.5) is 0 Å². The van der Waals surface area contributed by atoms with Gasteiger partial charge in [-0.05, 0) is 18.8 Å². The van der Waals surface area contributed by atoms with Crippen molar-refractivity contribution in [2.45, 2.75) is 45.6 Å². The lowest BCUT2D eigenvalue weighted by molar-refractivity contribution is -0.130. The van der Waals surface area contributed by atoms with Gasteiger partial charge in [0.05, 0.1) is 0 Å². The monoisotopic (exact) mass is 210 g/mol. The highest BCUT2D eigenvalue weighted by atomic mass is 16.4. The molecule has 1 saturated carbocycles. The van der Waals surface area contributed by atoms with E-state index in [0.717, 1.165) is 19.3 Å². The van der Waals surface area contributed by atoms with Crippen molar-refractivity contribution in [3.63, 3.8) is 0 Å². The minimum Gasteiger partial charge on any atom is -0.472 e. The van der Waals surface area contributed by atoms with E-state index in [1.54, 1.807) is 0 Å². The molecule has 1 fully saturated rings. The molecule has 0 amide bonds. The zero-order valence-corrected chi connectivity index (χ0v) is 9.50. The highest BCUT2D eigenvalue weighted by Crippen LogP contribution is 2.46. The van der Waals surface area contributed by atoms with E-state index in [1.165, 1.54) is 0 Å². The molecule has 0 bridgehead atoms. The third-order valence-electron chi connectivity index (χ3n) is 3.54.